The van der Waals surface area contributed by atoms with Gasteiger partial charge in [-0.05, 0) is 5.56 Å². The molecule has 3 aliphatic heterocycles. The molecule has 1 aromatic carbocycles. The maximum atomic E-state index is 12.3. The van der Waals surface area contributed by atoms with Gasteiger partial charge in [-0.1, -0.05) is 41.6 Å². The lowest BCUT2D eigenvalue weighted by atomic mass is 10.1. The minimum absolute atomic E-state index is 0.169. The summed E-state index contributed by atoms with van der Waals surface area (Å²) in [5.74, 6) is -0.169. The fraction of sp³-hybridized carbons (Fsp3) is 0.471. The van der Waals surface area contributed by atoms with Crippen molar-refractivity contribution in [2.24, 2.45) is 10.3 Å². The summed E-state index contributed by atoms with van der Waals surface area (Å²) in [6.07, 6.45) is -1.71. The van der Waals surface area contributed by atoms with Crippen LogP contribution in [-0.2, 0) is 16.1 Å². The van der Waals surface area contributed by atoms with Crippen LogP contribution >= 0.6 is 0 Å². The van der Waals surface area contributed by atoms with E-state index in [1.165, 1.54) is 11.1 Å². The molecule has 26 heavy (non-hydrogen) atoms. The Kier molecular flexibility index (Phi) is 4.45. The van der Waals surface area contributed by atoms with Crippen LogP contribution < -0.4 is 0 Å². The Hall–Kier alpha value is -2.33. The van der Waals surface area contributed by atoms with E-state index in [1.54, 1.807) is 11.0 Å². The second-order valence-corrected chi connectivity index (χ2v) is 6.53. The van der Waals surface area contributed by atoms with Gasteiger partial charge in [0.25, 0.3) is 0 Å². The molecule has 138 valence electrons. The van der Waals surface area contributed by atoms with Crippen molar-refractivity contribution in [3.63, 3.8) is 0 Å². The first-order chi connectivity index (χ1) is 12.6. The van der Waals surface area contributed by atoms with Crippen molar-refractivity contribution in [2.45, 2.75) is 43.3 Å². The summed E-state index contributed by atoms with van der Waals surface area (Å²) in [6.45, 7) is -0.0315. The van der Waals surface area contributed by atoms with E-state index in [0.29, 0.717) is 6.54 Å². The van der Waals surface area contributed by atoms with Crippen molar-refractivity contribution in [1.29, 1.82) is 0 Å². The van der Waals surface area contributed by atoms with E-state index in [2.05, 4.69) is 10.3 Å². The van der Waals surface area contributed by atoms with Gasteiger partial charge in [0.15, 0.2) is 12.4 Å². The molecular formula is C17H20N4O5. The summed E-state index contributed by atoms with van der Waals surface area (Å²) in [5, 5.41) is 39.1. The molecule has 1 aromatic rings. The molecule has 1 saturated heterocycles. The molecule has 3 N–H and O–H groups in total. The molecule has 9 nitrogen and oxygen atoms in total. The minimum atomic E-state index is -1.24. The van der Waals surface area contributed by atoms with Crippen LogP contribution in [0.4, 0.5) is 0 Å². The van der Waals surface area contributed by atoms with E-state index < -0.39 is 43.4 Å². The van der Waals surface area contributed by atoms with Gasteiger partial charge in [-0.2, -0.15) is 0 Å². The number of aliphatic hydroxyl groups excluding tert-OH is 3. The molecule has 3 aliphatic rings. The highest BCUT2D eigenvalue weighted by Crippen LogP contribution is 2.33. The molecule has 0 radical (unpaired) electrons. The molecule has 9 heteroatoms. The number of rotatable bonds is 4. The van der Waals surface area contributed by atoms with Gasteiger partial charge in [-0.25, -0.2) is 5.01 Å². The highest BCUT2D eigenvalue weighted by molar-refractivity contribution is 5.89. The SMILES string of the molecule is O=C1C=CC2C(N=NN2C2OC(CO)C(O)C2O)N1Cc1ccccc1. The highest BCUT2D eigenvalue weighted by atomic mass is 16.6. The fourth-order valence-corrected chi connectivity index (χ4v) is 3.49. The molecule has 0 saturated carbocycles. The predicted molar refractivity (Wildman–Crippen MR) is 88.2 cm³/mol. The second kappa shape index (κ2) is 6.76. The molecule has 0 bridgehead atoms. The van der Waals surface area contributed by atoms with Crippen molar-refractivity contribution in [3.05, 3.63) is 48.0 Å². The zero-order valence-corrected chi connectivity index (χ0v) is 13.9. The number of carbonyl (C=O) groups is 1. The molecule has 1 fully saturated rings. The van der Waals surface area contributed by atoms with Crippen LogP contribution in [0.15, 0.2) is 52.8 Å². The van der Waals surface area contributed by atoms with Crippen molar-refractivity contribution in [1.82, 2.24) is 9.91 Å². The van der Waals surface area contributed by atoms with Crippen LogP contribution in [0.25, 0.3) is 0 Å². The van der Waals surface area contributed by atoms with Gasteiger partial charge in [0.1, 0.15) is 24.4 Å². The number of ether oxygens (including phenoxy) is 1. The van der Waals surface area contributed by atoms with Gasteiger partial charge in [-0.15, -0.1) is 5.11 Å². The summed E-state index contributed by atoms with van der Waals surface area (Å²) >= 11 is 0. The molecule has 0 spiro atoms. The van der Waals surface area contributed by atoms with Gasteiger partial charge in [0.2, 0.25) is 5.91 Å². The molecule has 6 atom stereocenters. The third kappa shape index (κ3) is 2.78. The van der Waals surface area contributed by atoms with Gasteiger partial charge in [0, 0.05) is 12.6 Å². The van der Waals surface area contributed by atoms with Crippen LogP contribution in [0.3, 0.4) is 0 Å². The Morgan fingerprint density at radius 1 is 1.15 bits per heavy atom. The summed E-state index contributed by atoms with van der Waals surface area (Å²) < 4.78 is 5.53. The summed E-state index contributed by atoms with van der Waals surface area (Å²) in [5.41, 5.74) is 0.969. The van der Waals surface area contributed by atoms with E-state index in [4.69, 9.17) is 4.74 Å². The summed E-state index contributed by atoms with van der Waals surface area (Å²) in [7, 11) is 0. The topological polar surface area (TPSA) is 118 Å². The van der Waals surface area contributed by atoms with Crippen LogP contribution in [-0.4, -0.2) is 74.5 Å². The summed E-state index contributed by atoms with van der Waals surface area (Å²) in [6, 6.07) is 9.15. The molecule has 6 unspecified atom stereocenters. The van der Waals surface area contributed by atoms with Crippen LogP contribution in [0.5, 0.6) is 0 Å². The van der Waals surface area contributed by atoms with E-state index in [0.717, 1.165) is 5.56 Å². The first-order valence-electron chi connectivity index (χ1n) is 8.44. The lowest BCUT2D eigenvalue weighted by Crippen LogP contribution is -2.53. The molecule has 1 amide bonds. The number of carbonyl (C=O) groups excluding carboxylic acids is 1. The normalized spacial score (nSPS) is 36.0. The third-order valence-electron chi connectivity index (χ3n) is 4.90. The fourth-order valence-electron chi connectivity index (χ4n) is 3.49. The number of benzene rings is 1. The zero-order chi connectivity index (χ0) is 18.3. The Labute approximate surface area is 149 Å². The Morgan fingerprint density at radius 2 is 1.92 bits per heavy atom. The number of amides is 1. The number of hydrogen-bond donors (Lipinski definition) is 3. The zero-order valence-electron chi connectivity index (χ0n) is 13.9. The van der Waals surface area contributed by atoms with Crippen LogP contribution in [0.2, 0.25) is 0 Å². The lowest BCUT2D eigenvalue weighted by molar-refractivity contribution is -0.133. The van der Waals surface area contributed by atoms with Crippen molar-refractivity contribution >= 4 is 5.91 Å². The summed E-state index contributed by atoms with van der Waals surface area (Å²) in [4.78, 5) is 14.0. The Bertz CT molecular complexity index is 727. The first-order valence-corrected chi connectivity index (χ1v) is 8.44. The van der Waals surface area contributed by atoms with Gasteiger partial charge in [-0.3, -0.25) is 4.79 Å². The van der Waals surface area contributed by atoms with Crippen LogP contribution in [0, 0.1) is 0 Å². The predicted octanol–water partition coefficient (Wildman–Crippen LogP) is -0.599. The average molecular weight is 360 g/mol. The van der Waals surface area contributed by atoms with E-state index in [1.807, 2.05) is 30.3 Å². The smallest absolute Gasteiger partial charge is 0.248 e. The van der Waals surface area contributed by atoms with E-state index in [9.17, 15) is 20.1 Å². The first kappa shape index (κ1) is 17.1. The van der Waals surface area contributed by atoms with E-state index in [-0.39, 0.29) is 5.91 Å². The Balaban J connectivity index is 1.54. The molecule has 3 heterocycles. The van der Waals surface area contributed by atoms with Gasteiger partial charge in [0.05, 0.1) is 6.61 Å². The number of hydrogen-bond acceptors (Lipinski definition) is 8. The number of nitrogens with zero attached hydrogens (tertiary/aromatic N) is 4. The quantitative estimate of drug-likeness (QED) is 0.660. The maximum absolute atomic E-state index is 12.3. The molecule has 0 aliphatic carbocycles. The van der Waals surface area contributed by atoms with Crippen molar-refractivity contribution < 1.29 is 24.9 Å². The molecular weight excluding hydrogens is 340 g/mol. The van der Waals surface area contributed by atoms with Gasteiger partial charge >= 0.3 is 0 Å². The largest absolute Gasteiger partial charge is 0.394 e. The highest BCUT2D eigenvalue weighted by Gasteiger charge is 2.51. The second-order valence-electron chi connectivity index (χ2n) is 6.53. The lowest BCUT2D eigenvalue weighted by Gasteiger charge is -2.36. The maximum Gasteiger partial charge on any atom is 0.248 e. The molecule has 0 aromatic heterocycles. The van der Waals surface area contributed by atoms with Crippen molar-refractivity contribution in [3.8, 4) is 0 Å². The monoisotopic (exact) mass is 360 g/mol. The number of fused-ring (bicyclic) bond motifs is 1. The van der Waals surface area contributed by atoms with Crippen molar-refractivity contribution in [2.75, 3.05) is 6.61 Å². The van der Waals surface area contributed by atoms with Crippen LogP contribution in [0.1, 0.15) is 5.56 Å². The third-order valence-corrected chi connectivity index (χ3v) is 4.90. The number of aliphatic hydroxyl groups is 3. The standard InChI is InChI=1S/C17H20N4O5/c22-9-12-14(24)15(25)17(26-12)21-11-6-7-13(23)20(16(11)18-19-21)8-10-4-2-1-3-5-10/h1-7,11-12,14-17,22,24-25H,8-9H2. The van der Waals surface area contributed by atoms with E-state index >= 15 is 0 Å². The molecule has 4 rings (SSSR count). The average Bonchev–Trinajstić information content (AvgIpc) is 3.20. The Morgan fingerprint density at radius 3 is 2.62 bits per heavy atom. The minimum Gasteiger partial charge on any atom is -0.394 e. The van der Waals surface area contributed by atoms with Gasteiger partial charge < -0.3 is 25.0 Å².